The third-order valence-corrected chi connectivity index (χ3v) is 12.0. The number of hydrogen-bond acceptors (Lipinski definition) is 14. The molecule has 1 unspecified atom stereocenters. The van der Waals surface area contributed by atoms with Crippen LogP contribution in [0.1, 0.15) is 99.6 Å². The zero-order chi connectivity index (χ0) is 42.6. The number of rotatable bonds is 16. The van der Waals surface area contributed by atoms with Gasteiger partial charge < -0.3 is 19.1 Å². The fraction of sp³-hybridized carbons (Fsp3) is 0.477. The molecule has 4 aromatic rings. The number of Topliss-reactive ketones (excluding diaryl/α,β-unsaturated/α-hetero) is 1. The van der Waals surface area contributed by atoms with E-state index in [2.05, 4.69) is 26.2 Å². The van der Waals surface area contributed by atoms with Crippen LogP contribution < -0.4 is 20.5 Å². The first-order valence-corrected chi connectivity index (χ1v) is 21.1. The maximum Gasteiger partial charge on any atom is 0.266 e. The van der Waals surface area contributed by atoms with Crippen LogP contribution in [-0.2, 0) is 25.5 Å². The van der Waals surface area contributed by atoms with Gasteiger partial charge in [0.15, 0.2) is 5.78 Å². The largest absolute Gasteiger partial charge is 0.490 e. The second-order valence-corrected chi connectivity index (χ2v) is 15.9. The predicted molar refractivity (Wildman–Crippen MR) is 222 cm³/mol. The van der Waals surface area contributed by atoms with Crippen molar-refractivity contribution in [2.75, 3.05) is 70.7 Å². The van der Waals surface area contributed by atoms with Gasteiger partial charge in [-0.15, -0.1) is 0 Å². The van der Waals surface area contributed by atoms with E-state index >= 15 is 0 Å². The molecule has 4 amide bonds. The second kappa shape index (κ2) is 18.4. The Morgan fingerprint density at radius 3 is 2.33 bits per heavy atom. The lowest BCUT2D eigenvalue weighted by Gasteiger charge is -2.35. The Bertz CT molecular complexity index is 2400. The molecule has 1 saturated carbocycles. The third-order valence-electron chi connectivity index (χ3n) is 12.0. The molecule has 61 heavy (non-hydrogen) atoms. The van der Waals surface area contributed by atoms with Crippen LogP contribution in [0.2, 0.25) is 0 Å². The quantitative estimate of drug-likeness (QED) is 0.0983. The van der Waals surface area contributed by atoms with E-state index in [1.807, 2.05) is 12.3 Å². The number of hydrogen-bond donors (Lipinski definition) is 1. The summed E-state index contributed by atoms with van der Waals surface area (Å²) in [6.45, 7) is 9.27. The molecule has 0 bridgehead atoms. The number of amides is 4. The van der Waals surface area contributed by atoms with Gasteiger partial charge in [0.05, 0.1) is 61.4 Å². The maximum absolute atomic E-state index is 13.6. The third kappa shape index (κ3) is 8.81. The lowest BCUT2D eigenvalue weighted by Crippen LogP contribution is -2.54. The topological polar surface area (TPSA) is 195 Å². The molecule has 3 aromatic heterocycles. The van der Waals surface area contributed by atoms with Gasteiger partial charge >= 0.3 is 0 Å². The first-order valence-electron chi connectivity index (χ1n) is 21.1. The molecule has 8 rings (SSSR count). The Kier molecular flexibility index (Phi) is 12.6. The van der Waals surface area contributed by atoms with Crippen LogP contribution in [0.25, 0.3) is 11.0 Å². The lowest BCUT2D eigenvalue weighted by molar-refractivity contribution is -0.136. The maximum atomic E-state index is 13.6. The molecule has 17 heteroatoms. The van der Waals surface area contributed by atoms with Crippen molar-refractivity contribution in [2.45, 2.75) is 70.9 Å². The molecule has 0 spiro atoms. The van der Waals surface area contributed by atoms with Crippen molar-refractivity contribution < 1.29 is 38.2 Å². The fourth-order valence-electron chi connectivity index (χ4n) is 8.80. The van der Waals surface area contributed by atoms with E-state index in [0.29, 0.717) is 43.3 Å². The number of benzene rings is 1. The summed E-state index contributed by atoms with van der Waals surface area (Å²) in [5.41, 5.74) is 3.35. The van der Waals surface area contributed by atoms with Gasteiger partial charge in [-0.05, 0) is 62.9 Å². The Morgan fingerprint density at radius 2 is 1.61 bits per heavy atom. The molecule has 3 aliphatic heterocycles. The minimum Gasteiger partial charge on any atom is -0.490 e. The smallest absolute Gasteiger partial charge is 0.266 e. The van der Waals surface area contributed by atoms with Gasteiger partial charge in [-0.1, -0.05) is 18.9 Å². The highest BCUT2D eigenvalue weighted by Crippen LogP contribution is 2.34. The zero-order valence-corrected chi connectivity index (χ0v) is 34.5. The van der Waals surface area contributed by atoms with Gasteiger partial charge in [0.25, 0.3) is 17.4 Å². The summed E-state index contributed by atoms with van der Waals surface area (Å²) >= 11 is 0. The molecule has 320 valence electrons. The predicted octanol–water partition coefficient (Wildman–Crippen LogP) is 3.04. The highest BCUT2D eigenvalue weighted by molar-refractivity contribution is 6.24. The van der Waals surface area contributed by atoms with Crippen molar-refractivity contribution in [3.05, 3.63) is 86.9 Å². The average molecular weight is 835 g/mol. The first kappa shape index (κ1) is 41.8. The van der Waals surface area contributed by atoms with E-state index < -0.39 is 29.7 Å². The normalized spacial score (nSPS) is 18.6. The lowest BCUT2D eigenvalue weighted by atomic mass is 10.0. The van der Waals surface area contributed by atoms with Crippen molar-refractivity contribution in [2.24, 2.45) is 0 Å². The highest BCUT2D eigenvalue weighted by atomic mass is 16.5. The number of anilines is 1. The van der Waals surface area contributed by atoms with E-state index in [9.17, 15) is 28.8 Å². The molecule has 6 heterocycles. The Hall–Kier alpha value is -5.91. The van der Waals surface area contributed by atoms with Gasteiger partial charge in [0.1, 0.15) is 29.9 Å². The molecule has 17 nitrogen and oxygen atoms in total. The van der Waals surface area contributed by atoms with Crippen molar-refractivity contribution >= 4 is 46.1 Å². The molecule has 1 atom stereocenters. The summed E-state index contributed by atoms with van der Waals surface area (Å²) in [5, 5.41) is 2.93. The molecule has 1 N–H and O–H groups in total. The number of ketones is 1. The number of pyridine rings is 2. The Labute approximate surface area is 352 Å². The number of piperidine rings is 1. The SMILES string of the molecule is CC(=O)c1c(C)c2cnc(Cc3ccc(N4CCN(CCOCCOCCOc5cccc6c5C(=O)N(C5CCC(=O)NC5=O)C6=O)CC4)cn3)nc2n(C2CCCC2)c1=O. The van der Waals surface area contributed by atoms with Gasteiger partial charge in [-0.2, -0.15) is 0 Å². The number of carbonyl (C=O) groups excluding carboxylic acids is 5. The van der Waals surface area contributed by atoms with E-state index in [1.165, 1.54) is 13.0 Å². The summed E-state index contributed by atoms with van der Waals surface area (Å²) in [4.78, 5) is 96.1. The molecule has 1 aromatic carbocycles. The van der Waals surface area contributed by atoms with Crippen LogP contribution in [0.3, 0.4) is 0 Å². The Morgan fingerprint density at radius 1 is 0.852 bits per heavy atom. The van der Waals surface area contributed by atoms with E-state index in [0.717, 1.165) is 80.1 Å². The van der Waals surface area contributed by atoms with E-state index in [1.54, 1.807) is 29.8 Å². The summed E-state index contributed by atoms with van der Waals surface area (Å²) < 4.78 is 19.0. The monoisotopic (exact) mass is 834 g/mol. The number of carbonyl (C=O) groups is 5. The number of imide groups is 2. The zero-order valence-electron chi connectivity index (χ0n) is 34.5. The van der Waals surface area contributed by atoms with E-state index in [4.69, 9.17) is 24.2 Å². The van der Waals surface area contributed by atoms with Crippen LogP contribution in [0.15, 0.2) is 47.5 Å². The number of aryl methyl sites for hydroxylation is 1. The second-order valence-electron chi connectivity index (χ2n) is 15.9. The number of ether oxygens (including phenoxy) is 3. The molecule has 1 aliphatic carbocycles. The highest BCUT2D eigenvalue weighted by Gasteiger charge is 2.46. The van der Waals surface area contributed by atoms with Crippen molar-refractivity contribution in [3.8, 4) is 5.75 Å². The van der Waals surface area contributed by atoms with Crippen molar-refractivity contribution in [1.29, 1.82) is 0 Å². The summed E-state index contributed by atoms with van der Waals surface area (Å²) in [6.07, 6.45) is 8.07. The van der Waals surface area contributed by atoms with Gasteiger partial charge in [0.2, 0.25) is 11.8 Å². The number of aromatic nitrogens is 4. The first-order chi connectivity index (χ1) is 29.6. The van der Waals surface area contributed by atoms with Crippen LogP contribution >= 0.6 is 0 Å². The number of piperazine rings is 1. The van der Waals surface area contributed by atoms with Crippen LogP contribution in [0.5, 0.6) is 5.75 Å². The van der Waals surface area contributed by atoms with Gasteiger partial charge in [-0.3, -0.25) is 53.4 Å². The van der Waals surface area contributed by atoms with Crippen LogP contribution in [0.4, 0.5) is 5.69 Å². The standard InChI is InChI=1S/C44H50N8O9/c1-27-33-26-46-36(47-40(33)51(30-6-3-4-7-30)43(57)38(27)28(2)53)24-29-10-11-31(25-45-29)50-16-14-49(15-17-50)18-19-59-20-21-60-22-23-61-35-9-5-8-32-39(35)44(58)52(42(32)56)34-12-13-37(54)48-41(34)55/h5,8-11,25-26,30,34H,3-4,6-7,12-24H2,1-2H3,(H,48,54,55). The summed E-state index contributed by atoms with van der Waals surface area (Å²) in [7, 11) is 0. The van der Waals surface area contributed by atoms with Gasteiger partial charge in [0, 0.05) is 62.5 Å². The van der Waals surface area contributed by atoms with Crippen LogP contribution in [-0.4, -0.2) is 131 Å². The summed E-state index contributed by atoms with van der Waals surface area (Å²) in [5.74, 6) is -1.71. The van der Waals surface area contributed by atoms with Crippen LogP contribution in [0, 0.1) is 6.92 Å². The van der Waals surface area contributed by atoms with E-state index in [-0.39, 0.29) is 65.9 Å². The minimum atomic E-state index is -1.04. The minimum absolute atomic E-state index is 0.0281. The van der Waals surface area contributed by atoms with Crippen molar-refractivity contribution in [3.63, 3.8) is 0 Å². The average Bonchev–Trinajstić information content (AvgIpc) is 3.87. The molecule has 2 saturated heterocycles. The molecular formula is C44H50N8O9. The Balaban J connectivity index is 0.739. The fourth-order valence-corrected chi connectivity index (χ4v) is 8.80. The molecule has 4 aliphatic rings. The summed E-state index contributed by atoms with van der Waals surface area (Å²) in [6, 6.07) is 7.81. The molecular weight excluding hydrogens is 785 g/mol. The number of nitrogens with zero attached hydrogens (tertiary/aromatic N) is 7. The number of fused-ring (bicyclic) bond motifs is 2. The molecule has 0 radical (unpaired) electrons. The number of nitrogens with one attached hydrogen (secondary N) is 1. The van der Waals surface area contributed by atoms with Crippen molar-refractivity contribution in [1.82, 2.24) is 34.6 Å². The van der Waals surface area contributed by atoms with Gasteiger partial charge in [-0.25, -0.2) is 9.97 Å². The molecule has 3 fully saturated rings.